The van der Waals surface area contributed by atoms with Crippen LogP contribution in [-0.2, 0) is 4.79 Å². The van der Waals surface area contributed by atoms with Gasteiger partial charge in [0.15, 0.2) is 0 Å². The van der Waals surface area contributed by atoms with Crippen molar-refractivity contribution >= 4 is 22.8 Å². The van der Waals surface area contributed by atoms with Crippen LogP contribution >= 0.6 is 0 Å². The van der Waals surface area contributed by atoms with E-state index in [-0.39, 0.29) is 18.6 Å². The number of likely N-dealkylation sites (N-methyl/N-ethyl adjacent to an activating group) is 1. The normalized spacial score (nSPS) is 14.9. The van der Waals surface area contributed by atoms with Crippen molar-refractivity contribution in [3.05, 3.63) is 42.5 Å². The zero-order valence-corrected chi connectivity index (χ0v) is 16.8. The number of urea groups is 1. The smallest absolute Gasteiger partial charge is 0.317 e. The Bertz CT molecular complexity index is 828. The SMILES string of the molecule is CCN(CC(=O)O)C1CCN(C(=O)NCCOc2cccc3ccccc23)CC1. The molecule has 7 heteroatoms. The van der Waals surface area contributed by atoms with E-state index in [4.69, 9.17) is 9.84 Å². The maximum absolute atomic E-state index is 12.4. The van der Waals surface area contributed by atoms with Crippen molar-refractivity contribution in [1.29, 1.82) is 0 Å². The maximum Gasteiger partial charge on any atom is 0.317 e. The number of nitrogens with zero attached hydrogens (tertiary/aromatic N) is 2. The van der Waals surface area contributed by atoms with Gasteiger partial charge in [0.2, 0.25) is 0 Å². The van der Waals surface area contributed by atoms with E-state index in [1.807, 2.05) is 54.3 Å². The van der Waals surface area contributed by atoms with Crippen LogP contribution in [0.3, 0.4) is 0 Å². The number of carboxylic acids is 1. The van der Waals surface area contributed by atoms with Crippen LogP contribution in [0.5, 0.6) is 5.75 Å². The topological polar surface area (TPSA) is 82.1 Å². The molecule has 156 valence electrons. The van der Waals surface area contributed by atoms with Gasteiger partial charge in [-0.25, -0.2) is 4.79 Å². The zero-order chi connectivity index (χ0) is 20.6. The summed E-state index contributed by atoms with van der Waals surface area (Å²) < 4.78 is 5.86. The van der Waals surface area contributed by atoms with Crippen LogP contribution in [-0.4, -0.2) is 72.3 Å². The summed E-state index contributed by atoms with van der Waals surface area (Å²) in [5.41, 5.74) is 0. The van der Waals surface area contributed by atoms with Gasteiger partial charge in [-0.05, 0) is 30.8 Å². The summed E-state index contributed by atoms with van der Waals surface area (Å²) in [6, 6.07) is 14.1. The summed E-state index contributed by atoms with van der Waals surface area (Å²) in [5, 5.41) is 14.1. The lowest BCUT2D eigenvalue weighted by Crippen LogP contribution is -2.50. The van der Waals surface area contributed by atoms with Crippen LogP contribution in [0.4, 0.5) is 4.79 Å². The number of carboxylic acid groups (broad SMARTS) is 1. The second kappa shape index (κ2) is 10.1. The second-order valence-electron chi connectivity index (χ2n) is 7.23. The summed E-state index contributed by atoms with van der Waals surface area (Å²) in [5.74, 6) is 0.00877. The fourth-order valence-electron chi connectivity index (χ4n) is 3.86. The standard InChI is InChI=1S/C22H29N3O4/c1-2-24(16-21(26)27)18-10-13-25(14-11-18)22(28)23-12-15-29-20-9-5-7-17-6-3-4-8-19(17)20/h3-9,18H,2,10-16H2,1H3,(H,23,28)(H,26,27). The molecule has 7 nitrogen and oxygen atoms in total. The number of likely N-dealkylation sites (tertiary alicyclic amines) is 1. The van der Waals surface area contributed by atoms with Gasteiger partial charge in [0.05, 0.1) is 13.1 Å². The van der Waals surface area contributed by atoms with E-state index in [0.717, 1.165) is 29.4 Å². The Hall–Kier alpha value is -2.80. The first kappa shape index (κ1) is 20.9. The molecule has 2 aromatic rings. The van der Waals surface area contributed by atoms with Crippen LogP contribution in [0.25, 0.3) is 10.8 Å². The quantitative estimate of drug-likeness (QED) is 0.667. The molecule has 3 rings (SSSR count). The average molecular weight is 399 g/mol. The van der Waals surface area contributed by atoms with Crippen molar-refractivity contribution in [2.45, 2.75) is 25.8 Å². The van der Waals surface area contributed by atoms with Gasteiger partial charge >= 0.3 is 12.0 Å². The second-order valence-corrected chi connectivity index (χ2v) is 7.23. The molecule has 1 aliphatic rings. The number of carbonyl (C=O) groups excluding carboxylic acids is 1. The number of carbonyl (C=O) groups is 2. The van der Waals surface area contributed by atoms with Crippen LogP contribution in [0, 0.1) is 0 Å². The Morgan fingerprint density at radius 3 is 2.62 bits per heavy atom. The number of rotatable bonds is 8. The molecule has 0 saturated carbocycles. The van der Waals surface area contributed by atoms with Gasteiger partial charge in [-0.2, -0.15) is 0 Å². The summed E-state index contributed by atoms with van der Waals surface area (Å²) in [6.07, 6.45) is 1.59. The highest BCUT2D eigenvalue weighted by atomic mass is 16.5. The molecule has 29 heavy (non-hydrogen) atoms. The number of ether oxygens (including phenoxy) is 1. The van der Waals surface area contributed by atoms with Gasteiger partial charge in [0.1, 0.15) is 12.4 Å². The highest BCUT2D eigenvalue weighted by Crippen LogP contribution is 2.24. The van der Waals surface area contributed by atoms with Crippen LogP contribution in [0.1, 0.15) is 19.8 Å². The molecule has 2 aromatic carbocycles. The zero-order valence-electron chi connectivity index (χ0n) is 16.8. The third-order valence-corrected chi connectivity index (χ3v) is 5.40. The highest BCUT2D eigenvalue weighted by molar-refractivity contribution is 5.88. The predicted octanol–water partition coefficient (Wildman–Crippen LogP) is 2.80. The monoisotopic (exact) mass is 399 g/mol. The minimum absolute atomic E-state index is 0.0544. The molecule has 0 spiro atoms. The molecule has 0 aromatic heterocycles. The fraction of sp³-hybridized carbons (Fsp3) is 0.455. The van der Waals surface area contributed by atoms with E-state index >= 15 is 0 Å². The summed E-state index contributed by atoms with van der Waals surface area (Å²) in [4.78, 5) is 27.1. The molecule has 1 aliphatic heterocycles. The number of benzene rings is 2. The number of hydrogen-bond donors (Lipinski definition) is 2. The first-order chi connectivity index (χ1) is 14.1. The van der Waals surface area contributed by atoms with Crippen LogP contribution in [0.15, 0.2) is 42.5 Å². The van der Waals surface area contributed by atoms with E-state index in [1.54, 1.807) is 4.90 Å². The lowest BCUT2D eigenvalue weighted by Gasteiger charge is -2.37. The van der Waals surface area contributed by atoms with Crippen molar-refractivity contribution in [3.63, 3.8) is 0 Å². The minimum atomic E-state index is -0.807. The number of fused-ring (bicyclic) bond motifs is 1. The lowest BCUT2D eigenvalue weighted by molar-refractivity contribution is -0.139. The molecule has 2 amide bonds. The Morgan fingerprint density at radius 2 is 1.90 bits per heavy atom. The summed E-state index contributed by atoms with van der Waals surface area (Å²) in [6.45, 7) is 4.83. The van der Waals surface area contributed by atoms with Gasteiger partial charge in [0.25, 0.3) is 0 Å². The van der Waals surface area contributed by atoms with E-state index in [9.17, 15) is 9.59 Å². The third kappa shape index (κ3) is 5.60. The molecule has 0 bridgehead atoms. The Kier molecular flexibility index (Phi) is 7.30. The van der Waals surface area contributed by atoms with Crippen molar-refractivity contribution in [2.24, 2.45) is 0 Å². The van der Waals surface area contributed by atoms with E-state index in [2.05, 4.69) is 5.32 Å². The number of amides is 2. The molecule has 1 saturated heterocycles. The Labute approximate surface area is 171 Å². The first-order valence-electron chi connectivity index (χ1n) is 10.2. The molecule has 0 aliphatic carbocycles. The van der Waals surface area contributed by atoms with Gasteiger partial charge < -0.3 is 20.1 Å². The third-order valence-electron chi connectivity index (χ3n) is 5.40. The van der Waals surface area contributed by atoms with E-state index in [0.29, 0.717) is 32.8 Å². The van der Waals surface area contributed by atoms with Gasteiger partial charge in [-0.1, -0.05) is 43.3 Å². The molecule has 1 fully saturated rings. The molecular weight excluding hydrogens is 370 g/mol. The van der Waals surface area contributed by atoms with Crippen LogP contribution < -0.4 is 10.1 Å². The highest BCUT2D eigenvalue weighted by Gasteiger charge is 2.27. The van der Waals surface area contributed by atoms with E-state index < -0.39 is 5.97 Å². The van der Waals surface area contributed by atoms with Crippen molar-refractivity contribution in [1.82, 2.24) is 15.1 Å². The van der Waals surface area contributed by atoms with E-state index in [1.165, 1.54) is 0 Å². The number of piperidine rings is 1. The molecule has 0 atom stereocenters. The number of aliphatic carboxylic acids is 1. The number of hydrogen-bond acceptors (Lipinski definition) is 4. The predicted molar refractivity (Wildman–Crippen MR) is 112 cm³/mol. The van der Waals surface area contributed by atoms with Crippen LogP contribution in [0.2, 0.25) is 0 Å². The first-order valence-corrected chi connectivity index (χ1v) is 10.2. The summed E-state index contributed by atoms with van der Waals surface area (Å²) >= 11 is 0. The Morgan fingerprint density at radius 1 is 1.17 bits per heavy atom. The fourth-order valence-corrected chi connectivity index (χ4v) is 3.86. The van der Waals surface area contributed by atoms with Crippen molar-refractivity contribution in [2.75, 3.05) is 39.3 Å². The van der Waals surface area contributed by atoms with Gasteiger partial charge in [-0.15, -0.1) is 0 Å². The summed E-state index contributed by atoms with van der Waals surface area (Å²) in [7, 11) is 0. The maximum atomic E-state index is 12.4. The minimum Gasteiger partial charge on any atom is -0.491 e. The number of nitrogens with one attached hydrogen (secondary N) is 1. The molecule has 2 N–H and O–H groups in total. The van der Waals surface area contributed by atoms with Crippen molar-refractivity contribution in [3.8, 4) is 5.75 Å². The molecule has 0 unspecified atom stereocenters. The van der Waals surface area contributed by atoms with Crippen molar-refractivity contribution < 1.29 is 19.4 Å². The molecule has 0 radical (unpaired) electrons. The van der Waals surface area contributed by atoms with Gasteiger partial charge in [0, 0.05) is 24.5 Å². The van der Waals surface area contributed by atoms with Gasteiger partial charge in [-0.3, -0.25) is 9.69 Å². The average Bonchev–Trinajstić information content (AvgIpc) is 2.75. The largest absolute Gasteiger partial charge is 0.491 e. The molecule has 1 heterocycles. The molecular formula is C22H29N3O4. The Balaban J connectivity index is 1.41. The lowest BCUT2D eigenvalue weighted by atomic mass is 10.0.